The first-order valence-electron chi connectivity index (χ1n) is 11.4. The highest BCUT2D eigenvalue weighted by Crippen LogP contribution is 2.27. The van der Waals surface area contributed by atoms with E-state index in [1.54, 1.807) is 24.3 Å². The molecule has 0 spiro atoms. The summed E-state index contributed by atoms with van der Waals surface area (Å²) in [7, 11) is -3.70. The molecular formula is C26H28FN3O3S. The van der Waals surface area contributed by atoms with E-state index in [1.165, 1.54) is 18.3 Å². The second-order valence-electron chi connectivity index (χ2n) is 8.70. The van der Waals surface area contributed by atoms with Gasteiger partial charge in [0.15, 0.2) is 0 Å². The first-order valence-corrected chi connectivity index (χ1v) is 12.9. The number of hydrogen-bond donors (Lipinski definition) is 2. The first kappa shape index (κ1) is 24.0. The molecule has 0 aliphatic heterocycles. The molecule has 0 radical (unpaired) electrons. The molecule has 1 heterocycles. The Hall–Kier alpha value is -3.10. The van der Waals surface area contributed by atoms with Gasteiger partial charge in [-0.1, -0.05) is 42.5 Å². The third-order valence-electron chi connectivity index (χ3n) is 6.26. The predicted octanol–water partition coefficient (Wildman–Crippen LogP) is 4.60. The van der Waals surface area contributed by atoms with Crippen LogP contribution in [0.2, 0.25) is 0 Å². The predicted molar refractivity (Wildman–Crippen MR) is 129 cm³/mol. The number of hydrogen-bond acceptors (Lipinski definition) is 4. The molecule has 1 aliphatic rings. The van der Waals surface area contributed by atoms with Gasteiger partial charge in [-0.2, -0.15) is 0 Å². The van der Waals surface area contributed by atoms with Crippen molar-refractivity contribution in [3.8, 4) is 11.3 Å². The van der Waals surface area contributed by atoms with Gasteiger partial charge >= 0.3 is 0 Å². The zero-order chi connectivity index (χ0) is 24.1. The standard InChI is InChI=1S/C26H28FN3O3S/c1-18(19-7-11-22(27)12-8-19)29-26(31)21-9-13-23(14-10-21)30-34(32,33)24-15-16-25(28-17-24)20-5-3-2-4-6-20/h2-8,11-12,15-18,21,23,30H,9-10,13-14H2,1H3,(H,29,31)/t18-,21?,23?/m1/s1. The first-order chi connectivity index (χ1) is 16.3. The number of pyridine rings is 1. The van der Waals surface area contributed by atoms with E-state index >= 15 is 0 Å². The summed E-state index contributed by atoms with van der Waals surface area (Å²) in [5.41, 5.74) is 2.47. The fraction of sp³-hybridized carbons (Fsp3) is 0.308. The van der Waals surface area contributed by atoms with Gasteiger partial charge in [0.2, 0.25) is 15.9 Å². The van der Waals surface area contributed by atoms with Crippen LogP contribution >= 0.6 is 0 Å². The maximum atomic E-state index is 13.1. The lowest BCUT2D eigenvalue weighted by molar-refractivity contribution is -0.126. The Labute approximate surface area is 199 Å². The monoisotopic (exact) mass is 481 g/mol. The number of amides is 1. The van der Waals surface area contributed by atoms with Gasteiger partial charge < -0.3 is 5.32 Å². The van der Waals surface area contributed by atoms with Crippen LogP contribution in [0.1, 0.15) is 44.2 Å². The van der Waals surface area contributed by atoms with Crippen molar-refractivity contribution in [3.05, 3.63) is 84.3 Å². The molecule has 4 rings (SSSR count). The summed E-state index contributed by atoms with van der Waals surface area (Å²) < 4.78 is 41.5. The molecule has 1 aliphatic carbocycles. The van der Waals surface area contributed by atoms with Crippen molar-refractivity contribution in [1.82, 2.24) is 15.0 Å². The molecule has 2 N–H and O–H groups in total. The topological polar surface area (TPSA) is 88.2 Å². The quantitative estimate of drug-likeness (QED) is 0.516. The van der Waals surface area contributed by atoms with E-state index in [0.29, 0.717) is 31.4 Å². The molecule has 34 heavy (non-hydrogen) atoms. The van der Waals surface area contributed by atoms with Crippen LogP contribution in [0, 0.1) is 11.7 Å². The molecule has 1 atom stereocenters. The Balaban J connectivity index is 1.30. The van der Waals surface area contributed by atoms with Gasteiger partial charge in [-0.15, -0.1) is 0 Å². The lowest BCUT2D eigenvalue weighted by atomic mass is 9.85. The van der Waals surface area contributed by atoms with Gasteiger partial charge in [-0.25, -0.2) is 17.5 Å². The van der Waals surface area contributed by atoms with E-state index in [9.17, 15) is 17.6 Å². The highest BCUT2D eigenvalue weighted by molar-refractivity contribution is 7.89. The third kappa shape index (κ3) is 5.87. The summed E-state index contributed by atoms with van der Waals surface area (Å²) in [5.74, 6) is -0.541. The van der Waals surface area contributed by atoms with Gasteiger partial charge in [0, 0.05) is 23.7 Å². The van der Waals surface area contributed by atoms with E-state index in [2.05, 4.69) is 15.0 Å². The number of aromatic nitrogens is 1. The lowest BCUT2D eigenvalue weighted by Gasteiger charge is -2.29. The minimum absolute atomic E-state index is 0.0566. The smallest absolute Gasteiger partial charge is 0.242 e. The average Bonchev–Trinajstić information content (AvgIpc) is 2.85. The molecule has 1 amide bonds. The molecule has 0 unspecified atom stereocenters. The summed E-state index contributed by atoms with van der Waals surface area (Å²) in [4.78, 5) is 17.1. The van der Waals surface area contributed by atoms with Crippen molar-refractivity contribution >= 4 is 15.9 Å². The van der Waals surface area contributed by atoms with Crippen molar-refractivity contribution in [2.45, 2.75) is 49.6 Å². The zero-order valence-corrected chi connectivity index (χ0v) is 19.8. The van der Waals surface area contributed by atoms with Crippen LogP contribution in [0.3, 0.4) is 0 Å². The normalized spacial score (nSPS) is 19.4. The number of carbonyl (C=O) groups is 1. The molecular weight excluding hydrogens is 453 g/mol. The van der Waals surface area contributed by atoms with Crippen LogP contribution in [0.15, 0.2) is 77.8 Å². The summed E-state index contributed by atoms with van der Waals surface area (Å²) in [6.07, 6.45) is 3.73. The number of nitrogens with one attached hydrogen (secondary N) is 2. The van der Waals surface area contributed by atoms with Gasteiger partial charge in [-0.05, 0) is 62.4 Å². The number of sulfonamides is 1. The van der Waals surface area contributed by atoms with Crippen molar-refractivity contribution in [2.24, 2.45) is 5.92 Å². The van der Waals surface area contributed by atoms with Crippen LogP contribution in [0.4, 0.5) is 4.39 Å². The third-order valence-corrected chi connectivity index (χ3v) is 7.77. The summed E-state index contributed by atoms with van der Waals surface area (Å²) in [5, 5.41) is 2.98. The van der Waals surface area contributed by atoms with Gasteiger partial charge in [0.1, 0.15) is 10.7 Å². The minimum Gasteiger partial charge on any atom is -0.349 e. The lowest BCUT2D eigenvalue weighted by Crippen LogP contribution is -2.41. The molecule has 178 valence electrons. The average molecular weight is 482 g/mol. The molecule has 3 aromatic rings. The van der Waals surface area contributed by atoms with E-state index in [0.717, 1.165) is 11.1 Å². The molecule has 8 heteroatoms. The van der Waals surface area contributed by atoms with Crippen molar-refractivity contribution < 1.29 is 17.6 Å². The molecule has 1 saturated carbocycles. The largest absolute Gasteiger partial charge is 0.349 e. The molecule has 1 aromatic heterocycles. The molecule has 1 fully saturated rings. The van der Waals surface area contributed by atoms with Crippen LogP contribution < -0.4 is 10.0 Å². The second-order valence-corrected chi connectivity index (χ2v) is 10.4. The maximum Gasteiger partial charge on any atom is 0.242 e. The highest BCUT2D eigenvalue weighted by Gasteiger charge is 2.30. The summed E-state index contributed by atoms with van der Waals surface area (Å²) in [6.45, 7) is 1.86. The van der Waals surface area contributed by atoms with E-state index < -0.39 is 10.0 Å². The number of carbonyl (C=O) groups excluding carboxylic acids is 1. The van der Waals surface area contributed by atoms with E-state index in [-0.39, 0.29) is 34.6 Å². The number of benzene rings is 2. The van der Waals surface area contributed by atoms with Gasteiger partial charge in [0.25, 0.3) is 0 Å². The molecule has 0 saturated heterocycles. The number of halogens is 1. The van der Waals surface area contributed by atoms with Gasteiger partial charge in [0.05, 0.1) is 11.7 Å². The molecule has 6 nitrogen and oxygen atoms in total. The number of nitrogens with zero attached hydrogens (tertiary/aromatic N) is 1. The highest BCUT2D eigenvalue weighted by atomic mass is 32.2. The van der Waals surface area contributed by atoms with E-state index in [4.69, 9.17) is 0 Å². The molecule has 2 aromatic carbocycles. The Morgan fingerprint density at radius 2 is 1.65 bits per heavy atom. The Morgan fingerprint density at radius 3 is 2.26 bits per heavy atom. The van der Waals surface area contributed by atoms with Crippen molar-refractivity contribution in [3.63, 3.8) is 0 Å². The van der Waals surface area contributed by atoms with Crippen LogP contribution in [0.25, 0.3) is 11.3 Å². The fourth-order valence-corrected chi connectivity index (χ4v) is 5.50. The van der Waals surface area contributed by atoms with E-state index in [1.807, 2.05) is 37.3 Å². The maximum absolute atomic E-state index is 13.1. The molecule has 0 bridgehead atoms. The Bertz CT molecular complexity index is 1210. The fourth-order valence-electron chi connectivity index (χ4n) is 4.25. The van der Waals surface area contributed by atoms with Crippen molar-refractivity contribution in [1.29, 1.82) is 0 Å². The van der Waals surface area contributed by atoms with Crippen LogP contribution in [0.5, 0.6) is 0 Å². The Morgan fingerprint density at radius 1 is 0.971 bits per heavy atom. The number of rotatable bonds is 7. The zero-order valence-electron chi connectivity index (χ0n) is 18.9. The summed E-state index contributed by atoms with van der Waals surface area (Å²) >= 11 is 0. The second kappa shape index (κ2) is 10.4. The van der Waals surface area contributed by atoms with Gasteiger partial charge in [-0.3, -0.25) is 9.78 Å². The van der Waals surface area contributed by atoms with Crippen molar-refractivity contribution in [2.75, 3.05) is 0 Å². The minimum atomic E-state index is -3.70. The summed E-state index contributed by atoms with van der Waals surface area (Å²) in [6, 6.07) is 18.5. The van der Waals surface area contributed by atoms with Crippen LogP contribution in [-0.4, -0.2) is 25.4 Å². The SMILES string of the molecule is C[C@@H](NC(=O)C1CCC(NS(=O)(=O)c2ccc(-c3ccccc3)nc2)CC1)c1ccc(F)cc1. The Kier molecular flexibility index (Phi) is 7.38. The van der Waals surface area contributed by atoms with Crippen LogP contribution in [-0.2, 0) is 14.8 Å².